The third-order valence-electron chi connectivity index (χ3n) is 2.13. The number of pyridine rings is 1. The molecule has 0 spiro atoms. The molecule has 2 rings (SSSR count). The van der Waals surface area contributed by atoms with Crippen LogP contribution >= 0.6 is 22.3 Å². The van der Waals surface area contributed by atoms with Crippen LogP contribution in [0.15, 0.2) is 47.4 Å². The van der Waals surface area contributed by atoms with Crippen molar-refractivity contribution in [2.75, 3.05) is 0 Å². The number of aromatic nitrogens is 1. The minimum Gasteiger partial charge on any atom is -0.235 e. The van der Waals surface area contributed by atoms with Gasteiger partial charge in [-0.05, 0) is 12.1 Å². The SMILES string of the molecule is O=S(=O)(Cl)c1ccc(Cl)nc1-c1ccccc1. The number of nitrogens with zero attached hydrogens (tertiary/aromatic N) is 1. The Labute approximate surface area is 108 Å². The van der Waals surface area contributed by atoms with Gasteiger partial charge in [-0.15, -0.1) is 0 Å². The van der Waals surface area contributed by atoms with E-state index in [9.17, 15) is 8.42 Å². The lowest BCUT2D eigenvalue weighted by Crippen LogP contribution is -1.97. The van der Waals surface area contributed by atoms with E-state index in [1.54, 1.807) is 24.3 Å². The Morgan fingerprint density at radius 3 is 2.24 bits per heavy atom. The van der Waals surface area contributed by atoms with E-state index in [4.69, 9.17) is 22.3 Å². The first-order valence-corrected chi connectivity index (χ1v) is 7.34. The van der Waals surface area contributed by atoms with Crippen LogP contribution in [0.2, 0.25) is 5.15 Å². The maximum Gasteiger partial charge on any atom is 0.263 e. The van der Waals surface area contributed by atoms with Crippen molar-refractivity contribution >= 4 is 31.3 Å². The fourth-order valence-corrected chi connectivity index (χ4v) is 2.57. The van der Waals surface area contributed by atoms with Gasteiger partial charge in [0.1, 0.15) is 10.0 Å². The van der Waals surface area contributed by atoms with Crippen molar-refractivity contribution in [1.82, 2.24) is 4.98 Å². The number of benzene rings is 1. The molecule has 0 radical (unpaired) electrons. The zero-order valence-corrected chi connectivity index (χ0v) is 10.8. The van der Waals surface area contributed by atoms with E-state index in [0.29, 0.717) is 5.56 Å². The highest BCUT2D eigenvalue weighted by atomic mass is 35.7. The molecule has 88 valence electrons. The molecule has 1 aromatic heterocycles. The number of halogens is 2. The fourth-order valence-electron chi connectivity index (χ4n) is 1.42. The van der Waals surface area contributed by atoms with Crippen molar-refractivity contribution in [1.29, 1.82) is 0 Å². The Balaban J connectivity index is 2.72. The molecule has 0 aliphatic carbocycles. The van der Waals surface area contributed by atoms with E-state index in [2.05, 4.69) is 4.98 Å². The van der Waals surface area contributed by atoms with E-state index in [0.717, 1.165) is 0 Å². The minimum atomic E-state index is -3.85. The molecule has 0 unspecified atom stereocenters. The molecule has 0 saturated heterocycles. The Bertz CT molecular complexity index is 642. The number of rotatable bonds is 2. The van der Waals surface area contributed by atoms with Crippen LogP contribution in [-0.2, 0) is 9.05 Å². The summed E-state index contributed by atoms with van der Waals surface area (Å²) in [6, 6.07) is 11.6. The second-order valence-electron chi connectivity index (χ2n) is 3.28. The van der Waals surface area contributed by atoms with Crippen molar-refractivity contribution in [2.24, 2.45) is 0 Å². The van der Waals surface area contributed by atoms with Gasteiger partial charge in [0.2, 0.25) is 0 Å². The minimum absolute atomic E-state index is 0.0465. The average molecular weight is 288 g/mol. The molecule has 0 aliphatic heterocycles. The first kappa shape index (κ1) is 12.4. The largest absolute Gasteiger partial charge is 0.263 e. The average Bonchev–Trinajstić information content (AvgIpc) is 2.28. The Kier molecular flexibility index (Phi) is 3.38. The number of hydrogen-bond donors (Lipinski definition) is 0. The van der Waals surface area contributed by atoms with Gasteiger partial charge < -0.3 is 0 Å². The maximum atomic E-state index is 11.4. The van der Waals surface area contributed by atoms with Crippen molar-refractivity contribution in [3.63, 3.8) is 0 Å². The van der Waals surface area contributed by atoms with Gasteiger partial charge in [-0.1, -0.05) is 41.9 Å². The molecule has 17 heavy (non-hydrogen) atoms. The normalized spacial score (nSPS) is 11.4. The summed E-state index contributed by atoms with van der Waals surface area (Å²) in [5.41, 5.74) is 0.905. The molecule has 0 atom stereocenters. The van der Waals surface area contributed by atoms with E-state index in [-0.39, 0.29) is 15.7 Å². The van der Waals surface area contributed by atoms with Crippen molar-refractivity contribution in [2.45, 2.75) is 4.90 Å². The molecular formula is C11H7Cl2NO2S. The summed E-state index contributed by atoms with van der Waals surface area (Å²) in [5.74, 6) is 0. The second kappa shape index (κ2) is 4.64. The second-order valence-corrected chi connectivity index (χ2v) is 6.21. The third kappa shape index (κ3) is 2.77. The van der Waals surface area contributed by atoms with Gasteiger partial charge in [0.25, 0.3) is 9.05 Å². The monoisotopic (exact) mass is 287 g/mol. The highest BCUT2D eigenvalue weighted by Gasteiger charge is 2.18. The van der Waals surface area contributed by atoms with Crippen LogP contribution in [0.4, 0.5) is 0 Å². The molecule has 0 amide bonds. The first-order valence-electron chi connectivity index (χ1n) is 4.65. The van der Waals surface area contributed by atoms with E-state index in [1.165, 1.54) is 12.1 Å². The summed E-state index contributed by atoms with van der Waals surface area (Å²) < 4.78 is 22.8. The third-order valence-corrected chi connectivity index (χ3v) is 3.70. The molecule has 0 bridgehead atoms. The van der Waals surface area contributed by atoms with Gasteiger partial charge in [-0.2, -0.15) is 0 Å². The molecule has 6 heteroatoms. The lowest BCUT2D eigenvalue weighted by molar-refractivity contribution is 0.609. The van der Waals surface area contributed by atoms with Gasteiger partial charge in [0, 0.05) is 16.2 Å². The van der Waals surface area contributed by atoms with Gasteiger partial charge in [0.15, 0.2) is 0 Å². The van der Waals surface area contributed by atoms with E-state index in [1.807, 2.05) is 6.07 Å². The smallest absolute Gasteiger partial charge is 0.235 e. The standard InChI is InChI=1S/C11H7Cl2NO2S/c12-10-7-6-9(17(13,15)16)11(14-10)8-4-2-1-3-5-8/h1-7H. The fraction of sp³-hybridized carbons (Fsp3) is 0. The molecule has 0 aliphatic rings. The van der Waals surface area contributed by atoms with Crippen LogP contribution in [0.3, 0.4) is 0 Å². The molecule has 2 aromatic rings. The zero-order chi connectivity index (χ0) is 12.5. The van der Waals surface area contributed by atoms with Gasteiger partial charge in [0.05, 0.1) is 5.69 Å². The van der Waals surface area contributed by atoms with Crippen molar-refractivity contribution in [3.8, 4) is 11.3 Å². The van der Waals surface area contributed by atoms with Crippen LogP contribution in [0, 0.1) is 0 Å². The van der Waals surface area contributed by atoms with Gasteiger partial charge >= 0.3 is 0 Å². The van der Waals surface area contributed by atoms with Crippen LogP contribution in [0.1, 0.15) is 0 Å². The lowest BCUT2D eigenvalue weighted by atomic mass is 10.1. The molecule has 1 heterocycles. The van der Waals surface area contributed by atoms with Crippen LogP contribution in [0.25, 0.3) is 11.3 Å². The topological polar surface area (TPSA) is 47.0 Å². The Morgan fingerprint density at radius 1 is 1.00 bits per heavy atom. The summed E-state index contributed by atoms with van der Waals surface area (Å²) in [6.45, 7) is 0. The first-order chi connectivity index (χ1) is 7.98. The van der Waals surface area contributed by atoms with Crippen LogP contribution < -0.4 is 0 Å². The van der Waals surface area contributed by atoms with Crippen LogP contribution in [0.5, 0.6) is 0 Å². The summed E-state index contributed by atoms with van der Waals surface area (Å²) in [6.07, 6.45) is 0. The predicted molar refractivity (Wildman–Crippen MR) is 67.7 cm³/mol. The van der Waals surface area contributed by atoms with Crippen molar-refractivity contribution < 1.29 is 8.42 Å². The summed E-state index contributed by atoms with van der Waals surface area (Å²) in [7, 11) is 1.51. The predicted octanol–water partition coefficient (Wildman–Crippen LogP) is 3.33. The quantitative estimate of drug-likeness (QED) is 0.629. The van der Waals surface area contributed by atoms with Gasteiger partial charge in [-0.3, -0.25) is 0 Å². The molecular weight excluding hydrogens is 281 g/mol. The Hall–Kier alpha value is -1.10. The molecule has 0 fully saturated rings. The highest BCUT2D eigenvalue weighted by Crippen LogP contribution is 2.28. The maximum absolute atomic E-state index is 11.4. The van der Waals surface area contributed by atoms with E-state index >= 15 is 0 Å². The molecule has 1 aromatic carbocycles. The Morgan fingerprint density at radius 2 is 1.65 bits per heavy atom. The molecule has 0 N–H and O–H groups in total. The lowest BCUT2D eigenvalue weighted by Gasteiger charge is -2.06. The number of hydrogen-bond acceptors (Lipinski definition) is 3. The molecule has 0 saturated carbocycles. The van der Waals surface area contributed by atoms with Crippen LogP contribution in [-0.4, -0.2) is 13.4 Å². The van der Waals surface area contributed by atoms with Crippen molar-refractivity contribution in [3.05, 3.63) is 47.6 Å². The molecule has 3 nitrogen and oxygen atoms in total. The summed E-state index contributed by atoms with van der Waals surface area (Å²) in [5, 5.41) is 0.216. The summed E-state index contributed by atoms with van der Waals surface area (Å²) >= 11 is 5.77. The zero-order valence-electron chi connectivity index (χ0n) is 8.47. The van der Waals surface area contributed by atoms with E-state index < -0.39 is 9.05 Å². The van der Waals surface area contributed by atoms with Gasteiger partial charge in [-0.25, -0.2) is 13.4 Å². The summed E-state index contributed by atoms with van der Waals surface area (Å²) in [4.78, 5) is 3.97. The highest BCUT2D eigenvalue weighted by molar-refractivity contribution is 8.13.